The number of hydrogen-bond donors (Lipinski definition) is 1. The summed E-state index contributed by atoms with van der Waals surface area (Å²) in [5, 5.41) is 0. The first kappa shape index (κ1) is 17.7. The Morgan fingerprint density at radius 2 is 2.00 bits per heavy atom. The zero-order chi connectivity index (χ0) is 17.4. The molecule has 4 heteroatoms. The van der Waals surface area contributed by atoms with E-state index in [-0.39, 0.29) is 11.3 Å². The van der Waals surface area contributed by atoms with Crippen LogP contribution < -0.4 is 0 Å². The van der Waals surface area contributed by atoms with Crippen molar-refractivity contribution in [2.45, 2.75) is 57.3 Å². The second-order valence-corrected chi connectivity index (χ2v) is 10.3. The van der Waals surface area contributed by atoms with Crippen LogP contribution in [0.4, 0.5) is 0 Å². The van der Waals surface area contributed by atoms with Gasteiger partial charge in [0.05, 0.1) is 9.73 Å². The summed E-state index contributed by atoms with van der Waals surface area (Å²) in [7, 11) is -2.71. The second kappa shape index (κ2) is 6.62. The SMILES string of the molecule is C[C@H](CCS(=N)(=O)c1ccccc1)[C@H]1CC[C@H]2C(=O)CCC[C@]12C. The van der Waals surface area contributed by atoms with Crippen molar-refractivity contribution < 1.29 is 9.00 Å². The van der Waals surface area contributed by atoms with Gasteiger partial charge >= 0.3 is 0 Å². The maximum Gasteiger partial charge on any atom is 0.136 e. The van der Waals surface area contributed by atoms with Crippen molar-refractivity contribution in [1.82, 2.24) is 0 Å². The lowest BCUT2D eigenvalue weighted by Crippen LogP contribution is -2.39. The van der Waals surface area contributed by atoms with E-state index in [0.717, 1.165) is 38.5 Å². The molecule has 2 fully saturated rings. The van der Waals surface area contributed by atoms with Gasteiger partial charge in [0, 0.05) is 23.0 Å². The van der Waals surface area contributed by atoms with Gasteiger partial charge in [-0.05, 0) is 61.5 Å². The summed E-state index contributed by atoms with van der Waals surface area (Å²) in [6.45, 7) is 4.54. The van der Waals surface area contributed by atoms with E-state index in [1.165, 1.54) is 0 Å². The molecule has 24 heavy (non-hydrogen) atoms. The summed E-state index contributed by atoms with van der Waals surface area (Å²) < 4.78 is 21.0. The van der Waals surface area contributed by atoms with Gasteiger partial charge in [0.2, 0.25) is 0 Å². The summed E-state index contributed by atoms with van der Waals surface area (Å²) in [5.74, 6) is 2.07. The number of hydrogen-bond acceptors (Lipinski definition) is 3. The van der Waals surface area contributed by atoms with E-state index in [4.69, 9.17) is 4.78 Å². The molecule has 5 atom stereocenters. The minimum absolute atomic E-state index is 0.129. The van der Waals surface area contributed by atoms with Gasteiger partial charge in [-0.1, -0.05) is 32.0 Å². The highest BCUT2D eigenvalue weighted by molar-refractivity contribution is 7.92. The van der Waals surface area contributed by atoms with Crippen LogP contribution in [-0.2, 0) is 14.5 Å². The Bertz CT molecular complexity index is 698. The third-order valence-corrected chi connectivity index (χ3v) is 8.45. The molecule has 0 radical (unpaired) electrons. The lowest BCUT2D eigenvalue weighted by Gasteiger charge is -2.42. The number of ketones is 1. The van der Waals surface area contributed by atoms with E-state index in [9.17, 15) is 9.00 Å². The Hall–Kier alpha value is -1.16. The third-order valence-electron chi connectivity index (χ3n) is 6.61. The molecule has 3 nitrogen and oxygen atoms in total. The minimum Gasteiger partial charge on any atom is -0.299 e. The molecule has 3 rings (SSSR count). The quantitative estimate of drug-likeness (QED) is 0.823. The van der Waals surface area contributed by atoms with Crippen LogP contribution >= 0.6 is 0 Å². The van der Waals surface area contributed by atoms with Crippen LogP contribution in [0.25, 0.3) is 0 Å². The molecular weight excluding hydrogens is 318 g/mol. The van der Waals surface area contributed by atoms with Crippen LogP contribution in [-0.4, -0.2) is 15.7 Å². The predicted octanol–water partition coefficient (Wildman–Crippen LogP) is 4.90. The van der Waals surface area contributed by atoms with Crippen molar-refractivity contribution in [1.29, 1.82) is 4.78 Å². The van der Waals surface area contributed by atoms with Gasteiger partial charge < -0.3 is 0 Å². The number of nitrogens with one attached hydrogen (secondary N) is 1. The van der Waals surface area contributed by atoms with Crippen LogP contribution in [0.15, 0.2) is 35.2 Å². The second-order valence-electron chi connectivity index (χ2n) is 8.02. The molecule has 2 saturated carbocycles. The van der Waals surface area contributed by atoms with Crippen molar-refractivity contribution in [2.75, 3.05) is 5.75 Å². The summed E-state index contributed by atoms with van der Waals surface area (Å²) in [6, 6.07) is 9.19. The standard InChI is InChI=1S/C20H29NO2S/c1-15(12-14-24(21,23)16-7-4-3-5-8-16)17-10-11-18-19(22)9-6-13-20(17,18)2/h3-5,7-8,15,17-18,21H,6,9-14H2,1-2H3/t15-,17-,18+,20-,24?/m1/s1. The highest BCUT2D eigenvalue weighted by atomic mass is 32.2. The number of benzene rings is 1. The molecule has 0 saturated heterocycles. The van der Waals surface area contributed by atoms with E-state index >= 15 is 0 Å². The molecule has 0 aromatic heterocycles. The highest BCUT2D eigenvalue weighted by Crippen LogP contribution is 2.57. The molecule has 0 amide bonds. The summed E-state index contributed by atoms with van der Waals surface area (Å²) in [6.07, 6.45) is 5.87. The molecule has 2 aliphatic rings. The molecule has 0 heterocycles. The maximum absolute atomic E-state index is 12.7. The van der Waals surface area contributed by atoms with Crippen molar-refractivity contribution in [3.63, 3.8) is 0 Å². The fourth-order valence-electron chi connectivity index (χ4n) is 5.22. The normalized spacial score (nSPS) is 33.7. The molecule has 0 spiro atoms. The number of fused-ring (bicyclic) bond motifs is 1. The molecule has 0 aliphatic heterocycles. The Morgan fingerprint density at radius 3 is 2.71 bits per heavy atom. The summed E-state index contributed by atoms with van der Waals surface area (Å²) in [4.78, 5) is 12.9. The number of Topliss-reactive ketones (excluding diaryl/α,β-unsaturated/α-hetero) is 1. The van der Waals surface area contributed by atoms with E-state index in [0.29, 0.717) is 28.3 Å². The molecule has 1 unspecified atom stereocenters. The van der Waals surface area contributed by atoms with E-state index in [1.54, 1.807) is 12.1 Å². The van der Waals surface area contributed by atoms with Crippen LogP contribution in [0.5, 0.6) is 0 Å². The average Bonchev–Trinajstić information content (AvgIpc) is 2.92. The van der Waals surface area contributed by atoms with Gasteiger partial charge in [0.1, 0.15) is 5.78 Å². The fourth-order valence-corrected chi connectivity index (χ4v) is 6.75. The predicted molar refractivity (Wildman–Crippen MR) is 97.4 cm³/mol. The number of carbonyl (C=O) groups is 1. The molecule has 1 aromatic carbocycles. The number of rotatable bonds is 5. The highest BCUT2D eigenvalue weighted by Gasteiger charge is 2.52. The lowest BCUT2D eigenvalue weighted by atomic mass is 9.62. The molecule has 0 bridgehead atoms. The monoisotopic (exact) mass is 347 g/mol. The summed E-state index contributed by atoms with van der Waals surface area (Å²) >= 11 is 0. The maximum atomic E-state index is 12.7. The van der Waals surface area contributed by atoms with E-state index < -0.39 is 9.73 Å². The first-order valence-electron chi connectivity index (χ1n) is 9.19. The Labute approximate surface area is 146 Å². The van der Waals surface area contributed by atoms with Gasteiger partial charge in [-0.25, -0.2) is 8.99 Å². The lowest BCUT2D eigenvalue weighted by molar-refractivity contribution is -0.130. The Kier molecular flexibility index (Phi) is 4.87. The largest absolute Gasteiger partial charge is 0.299 e. The van der Waals surface area contributed by atoms with Crippen LogP contribution in [0, 0.1) is 27.9 Å². The Balaban J connectivity index is 1.67. The Morgan fingerprint density at radius 1 is 1.29 bits per heavy atom. The number of carbonyl (C=O) groups excluding carboxylic acids is 1. The average molecular weight is 348 g/mol. The van der Waals surface area contributed by atoms with Crippen molar-refractivity contribution >= 4 is 15.5 Å². The van der Waals surface area contributed by atoms with Crippen molar-refractivity contribution in [3.05, 3.63) is 30.3 Å². The fraction of sp³-hybridized carbons (Fsp3) is 0.650. The van der Waals surface area contributed by atoms with Gasteiger partial charge in [-0.15, -0.1) is 0 Å². The van der Waals surface area contributed by atoms with Gasteiger partial charge in [0.25, 0.3) is 0 Å². The first-order chi connectivity index (χ1) is 11.3. The molecule has 2 aliphatic carbocycles. The minimum atomic E-state index is -2.71. The van der Waals surface area contributed by atoms with E-state index in [2.05, 4.69) is 13.8 Å². The topological polar surface area (TPSA) is 58.0 Å². The molecule has 1 N–H and O–H groups in total. The smallest absolute Gasteiger partial charge is 0.136 e. The first-order valence-corrected chi connectivity index (χ1v) is 10.9. The zero-order valence-electron chi connectivity index (χ0n) is 14.8. The molecule has 1 aromatic rings. The van der Waals surface area contributed by atoms with Crippen molar-refractivity contribution in [2.24, 2.45) is 23.2 Å². The molecule has 132 valence electrons. The van der Waals surface area contributed by atoms with Gasteiger partial charge in [0.15, 0.2) is 0 Å². The van der Waals surface area contributed by atoms with Crippen LogP contribution in [0.1, 0.15) is 52.4 Å². The van der Waals surface area contributed by atoms with Crippen LogP contribution in [0.2, 0.25) is 0 Å². The molecular formula is C20H29NO2S. The third kappa shape index (κ3) is 3.17. The van der Waals surface area contributed by atoms with Gasteiger partial charge in [-0.3, -0.25) is 4.79 Å². The van der Waals surface area contributed by atoms with Crippen LogP contribution in [0.3, 0.4) is 0 Å². The van der Waals surface area contributed by atoms with E-state index in [1.807, 2.05) is 18.2 Å². The van der Waals surface area contributed by atoms with Gasteiger partial charge in [-0.2, -0.15) is 0 Å². The van der Waals surface area contributed by atoms with Crippen molar-refractivity contribution in [3.8, 4) is 0 Å². The zero-order valence-corrected chi connectivity index (χ0v) is 15.6. The summed E-state index contributed by atoms with van der Waals surface area (Å²) in [5.41, 5.74) is 0.129.